The molecule has 0 aromatic carbocycles. The van der Waals surface area contributed by atoms with E-state index in [0.717, 1.165) is 12.8 Å². The first-order valence-corrected chi connectivity index (χ1v) is 8.79. The number of rotatable bonds is 12. The third kappa shape index (κ3) is 8.37. The van der Waals surface area contributed by atoms with Gasteiger partial charge in [-0.1, -0.05) is 58.3 Å². The van der Waals surface area contributed by atoms with Crippen molar-refractivity contribution >= 4 is 11.9 Å². The summed E-state index contributed by atoms with van der Waals surface area (Å²) in [6, 6.07) is -0.578. The Morgan fingerprint density at radius 3 is 2.18 bits per heavy atom. The van der Waals surface area contributed by atoms with Crippen molar-refractivity contribution in [1.29, 1.82) is 0 Å². The summed E-state index contributed by atoms with van der Waals surface area (Å²) in [7, 11) is 0. The van der Waals surface area contributed by atoms with Crippen molar-refractivity contribution in [3.8, 4) is 0 Å². The molecule has 1 aliphatic heterocycles. The maximum absolute atomic E-state index is 11.7. The van der Waals surface area contributed by atoms with Crippen molar-refractivity contribution < 1.29 is 19.4 Å². The fraction of sp³-hybridized carbons (Fsp3) is 0.882. The Hall–Kier alpha value is -1.10. The number of nitrogens with one attached hydrogen (secondary N) is 1. The maximum atomic E-state index is 11.7. The number of carboxylic acid groups (broad SMARTS) is 1. The van der Waals surface area contributed by atoms with Gasteiger partial charge in [-0.25, -0.2) is 0 Å². The average molecular weight is 313 g/mol. The summed E-state index contributed by atoms with van der Waals surface area (Å²) in [4.78, 5) is 22.5. The van der Waals surface area contributed by atoms with Crippen LogP contribution < -0.4 is 5.32 Å². The van der Waals surface area contributed by atoms with Crippen molar-refractivity contribution in [2.24, 2.45) is 0 Å². The van der Waals surface area contributed by atoms with Crippen LogP contribution in [0.25, 0.3) is 0 Å². The van der Waals surface area contributed by atoms with Gasteiger partial charge in [0.15, 0.2) is 0 Å². The molecule has 0 bridgehead atoms. The number of carbonyl (C=O) groups is 2. The van der Waals surface area contributed by atoms with Gasteiger partial charge in [0.05, 0.1) is 0 Å². The van der Waals surface area contributed by atoms with Gasteiger partial charge in [-0.05, 0) is 6.42 Å². The number of esters is 1. The van der Waals surface area contributed by atoms with Crippen LogP contribution in [0.4, 0.5) is 0 Å². The molecule has 128 valence electrons. The SMILES string of the molecule is CCCCCCCCCCCC(=O)O[C@H]1CN[C@H](C(=O)O)C1. The molecule has 0 aliphatic carbocycles. The van der Waals surface area contributed by atoms with Gasteiger partial charge in [0.25, 0.3) is 0 Å². The molecule has 0 spiro atoms. The van der Waals surface area contributed by atoms with E-state index in [1.54, 1.807) is 0 Å². The lowest BCUT2D eigenvalue weighted by Gasteiger charge is -2.10. The quantitative estimate of drug-likeness (QED) is 0.427. The highest BCUT2D eigenvalue weighted by atomic mass is 16.5. The van der Waals surface area contributed by atoms with E-state index in [0.29, 0.717) is 19.4 Å². The van der Waals surface area contributed by atoms with Crippen LogP contribution in [0, 0.1) is 0 Å². The summed E-state index contributed by atoms with van der Waals surface area (Å²) >= 11 is 0. The molecule has 22 heavy (non-hydrogen) atoms. The molecule has 0 aromatic rings. The second kappa shape index (κ2) is 11.5. The first-order chi connectivity index (χ1) is 10.6. The Bertz CT molecular complexity index is 333. The molecule has 1 heterocycles. The minimum absolute atomic E-state index is 0.194. The minimum Gasteiger partial charge on any atom is -0.480 e. The average Bonchev–Trinajstić information content (AvgIpc) is 2.94. The Morgan fingerprint density at radius 1 is 1.05 bits per heavy atom. The third-order valence-corrected chi connectivity index (χ3v) is 4.17. The van der Waals surface area contributed by atoms with Crippen molar-refractivity contribution in [3.63, 3.8) is 0 Å². The van der Waals surface area contributed by atoms with Gasteiger partial charge in [0.1, 0.15) is 12.1 Å². The van der Waals surface area contributed by atoms with E-state index >= 15 is 0 Å². The van der Waals surface area contributed by atoms with E-state index in [1.165, 1.54) is 44.9 Å². The molecule has 1 aliphatic rings. The van der Waals surface area contributed by atoms with Crippen LogP contribution in [0.3, 0.4) is 0 Å². The summed E-state index contributed by atoms with van der Waals surface area (Å²) in [5.41, 5.74) is 0. The standard InChI is InChI=1S/C17H31NO4/c1-2-3-4-5-6-7-8-9-10-11-16(19)22-14-12-15(17(20)21)18-13-14/h14-15,18H,2-13H2,1H3,(H,20,21)/t14-,15+/m1/s1. The molecule has 1 saturated heterocycles. The molecular weight excluding hydrogens is 282 g/mol. The predicted molar refractivity (Wildman–Crippen MR) is 85.8 cm³/mol. The van der Waals surface area contributed by atoms with Gasteiger partial charge in [-0.15, -0.1) is 0 Å². The Morgan fingerprint density at radius 2 is 1.64 bits per heavy atom. The highest BCUT2D eigenvalue weighted by Gasteiger charge is 2.31. The van der Waals surface area contributed by atoms with Crippen LogP contribution in [0.15, 0.2) is 0 Å². The molecule has 0 aromatic heterocycles. The van der Waals surface area contributed by atoms with Crippen LogP contribution in [0.1, 0.15) is 77.6 Å². The van der Waals surface area contributed by atoms with E-state index in [1.807, 2.05) is 0 Å². The highest BCUT2D eigenvalue weighted by Crippen LogP contribution is 2.14. The number of hydrogen-bond acceptors (Lipinski definition) is 4. The fourth-order valence-corrected chi connectivity index (χ4v) is 2.81. The van der Waals surface area contributed by atoms with Crippen LogP contribution in [-0.2, 0) is 14.3 Å². The number of ether oxygens (including phenoxy) is 1. The van der Waals surface area contributed by atoms with Crippen LogP contribution in [0.5, 0.6) is 0 Å². The summed E-state index contributed by atoms with van der Waals surface area (Å²) in [6.45, 7) is 2.67. The van der Waals surface area contributed by atoms with Crippen LogP contribution in [0.2, 0.25) is 0 Å². The summed E-state index contributed by atoms with van der Waals surface area (Å²) in [5, 5.41) is 11.7. The number of aliphatic carboxylic acids is 1. The lowest BCUT2D eigenvalue weighted by molar-refractivity contribution is -0.149. The zero-order valence-electron chi connectivity index (χ0n) is 13.8. The normalized spacial score (nSPS) is 21.0. The lowest BCUT2D eigenvalue weighted by atomic mass is 10.1. The zero-order chi connectivity index (χ0) is 16.2. The first-order valence-electron chi connectivity index (χ1n) is 8.79. The molecule has 2 atom stereocenters. The second-order valence-electron chi connectivity index (χ2n) is 6.23. The number of carboxylic acids is 1. The number of unbranched alkanes of at least 4 members (excludes halogenated alkanes) is 8. The zero-order valence-corrected chi connectivity index (χ0v) is 13.8. The Labute approximate surface area is 133 Å². The summed E-state index contributed by atoms with van der Waals surface area (Å²) < 4.78 is 5.30. The van der Waals surface area contributed by atoms with E-state index in [-0.39, 0.29) is 12.1 Å². The number of carbonyl (C=O) groups excluding carboxylic acids is 1. The molecule has 0 saturated carbocycles. The molecule has 5 heteroatoms. The Kier molecular flexibility index (Phi) is 9.87. The van der Waals surface area contributed by atoms with E-state index in [9.17, 15) is 9.59 Å². The number of hydrogen-bond donors (Lipinski definition) is 2. The predicted octanol–water partition coefficient (Wildman–Crippen LogP) is 3.27. The largest absolute Gasteiger partial charge is 0.480 e. The lowest BCUT2D eigenvalue weighted by Crippen LogP contribution is -2.30. The van der Waals surface area contributed by atoms with E-state index < -0.39 is 12.0 Å². The molecule has 0 amide bonds. The van der Waals surface area contributed by atoms with Crippen molar-refractivity contribution in [3.05, 3.63) is 0 Å². The van der Waals surface area contributed by atoms with E-state index in [4.69, 9.17) is 9.84 Å². The maximum Gasteiger partial charge on any atom is 0.320 e. The molecule has 0 radical (unpaired) electrons. The summed E-state index contributed by atoms with van der Waals surface area (Å²) in [5.74, 6) is -1.07. The van der Waals surface area contributed by atoms with Gasteiger partial charge in [0.2, 0.25) is 0 Å². The van der Waals surface area contributed by atoms with Crippen LogP contribution in [-0.4, -0.2) is 35.7 Å². The fourth-order valence-electron chi connectivity index (χ4n) is 2.81. The van der Waals surface area contributed by atoms with Crippen LogP contribution >= 0.6 is 0 Å². The van der Waals surface area contributed by atoms with Gasteiger partial charge < -0.3 is 15.2 Å². The highest BCUT2D eigenvalue weighted by molar-refractivity contribution is 5.74. The molecular formula is C17H31NO4. The monoisotopic (exact) mass is 313 g/mol. The third-order valence-electron chi connectivity index (χ3n) is 4.17. The topological polar surface area (TPSA) is 75.6 Å². The van der Waals surface area contributed by atoms with E-state index in [2.05, 4.69) is 12.2 Å². The molecule has 2 N–H and O–H groups in total. The van der Waals surface area contributed by atoms with Gasteiger partial charge in [-0.2, -0.15) is 0 Å². The molecule has 1 fully saturated rings. The smallest absolute Gasteiger partial charge is 0.320 e. The van der Waals surface area contributed by atoms with Crippen molar-refractivity contribution in [2.75, 3.05) is 6.54 Å². The summed E-state index contributed by atoms with van der Waals surface area (Å²) in [6.07, 6.45) is 11.5. The van der Waals surface area contributed by atoms with Crippen molar-refractivity contribution in [2.45, 2.75) is 89.7 Å². The second-order valence-corrected chi connectivity index (χ2v) is 6.23. The van der Waals surface area contributed by atoms with Crippen molar-refractivity contribution in [1.82, 2.24) is 5.32 Å². The molecule has 0 unspecified atom stereocenters. The molecule has 5 nitrogen and oxygen atoms in total. The molecule has 1 rings (SSSR count). The minimum atomic E-state index is -0.877. The van der Waals surface area contributed by atoms with Gasteiger partial charge in [-0.3, -0.25) is 9.59 Å². The Balaban J connectivity index is 1.93. The first kappa shape index (κ1) is 18.9. The van der Waals surface area contributed by atoms with Gasteiger partial charge >= 0.3 is 11.9 Å². The van der Waals surface area contributed by atoms with Gasteiger partial charge in [0, 0.05) is 19.4 Å².